The lowest BCUT2D eigenvalue weighted by molar-refractivity contribution is -0.274. The fraction of sp³-hybridized carbons (Fsp3) is 0.290. The Hall–Kier alpha value is -4.52. The molecule has 0 spiro atoms. The van der Waals surface area contributed by atoms with Gasteiger partial charge in [0.05, 0.1) is 18.8 Å². The Kier molecular flexibility index (Phi) is 9.14. The summed E-state index contributed by atoms with van der Waals surface area (Å²) in [6, 6.07) is 18.0. The van der Waals surface area contributed by atoms with Crippen LogP contribution in [0.15, 0.2) is 78.0 Å². The summed E-state index contributed by atoms with van der Waals surface area (Å²) in [6.45, 7) is 6.88. The van der Waals surface area contributed by atoms with Crippen molar-refractivity contribution >= 4 is 28.6 Å². The van der Waals surface area contributed by atoms with E-state index in [1.807, 2.05) is 49.4 Å². The average molecular weight is 625 g/mol. The number of alkyl halides is 3. The molecule has 0 saturated carbocycles. The summed E-state index contributed by atoms with van der Waals surface area (Å²) in [5, 5.41) is 8.04. The van der Waals surface area contributed by atoms with E-state index in [-0.39, 0.29) is 17.7 Å². The summed E-state index contributed by atoms with van der Waals surface area (Å²) in [7, 11) is 1.65. The van der Waals surface area contributed by atoms with Gasteiger partial charge in [-0.2, -0.15) is 4.99 Å². The SMILES string of the molecule is COc1ccc(N2CCS/C2=N\C(=O)NC(C)c2ccc(-c3ncn(-c4ccc(OC(F)(F)F)cc4)n3)cc2)c(C(C)C)c1. The van der Waals surface area contributed by atoms with Crippen molar-refractivity contribution in [1.29, 1.82) is 0 Å². The topological polar surface area (TPSA) is 93.9 Å². The number of anilines is 1. The van der Waals surface area contributed by atoms with Gasteiger partial charge in [-0.1, -0.05) is 49.9 Å². The molecule has 230 valence electrons. The molecule has 1 aliphatic rings. The first-order valence-electron chi connectivity index (χ1n) is 13.9. The highest BCUT2D eigenvalue weighted by Crippen LogP contribution is 2.35. The minimum Gasteiger partial charge on any atom is -0.497 e. The number of urea groups is 1. The van der Waals surface area contributed by atoms with E-state index in [4.69, 9.17) is 4.74 Å². The Bertz CT molecular complexity index is 1640. The summed E-state index contributed by atoms with van der Waals surface area (Å²) in [6.07, 6.45) is -3.28. The van der Waals surface area contributed by atoms with E-state index in [0.717, 1.165) is 40.4 Å². The van der Waals surface area contributed by atoms with Crippen molar-refractivity contribution in [3.05, 3.63) is 84.2 Å². The lowest BCUT2D eigenvalue weighted by Gasteiger charge is -2.24. The Morgan fingerprint density at radius 2 is 1.73 bits per heavy atom. The number of amides is 2. The van der Waals surface area contributed by atoms with E-state index in [0.29, 0.717) is 16.7 Å². The second-order valence-corrected chi connectivity index (χ2v) is 11.4. The number of nitrogens with zero attached hydrogens (tertiary/aromatic N) is 5. The molecule has 1 N–H and O–H groups in total. The van der Waals surface area contributed by atoms with Gasteiger partial charge in [-0.3, -0.25) is 0 Å². The number of hydrogen-bond donors (Lipinski definition) is 1. The predicted molar refractivity (Wildman–Crippen MR) is 165 cm³/mol. The first kappa shape index (κ1) is 30.9. The third-order valence-corrected chi connectivity index (χ3v) is 7.91. The number of ether oxygens (including phenoxy) is 2. The number of thioether (sulfide) groups is 1. The molecule has 2 amide bonds. The third kappa shape index (κ3) is 7.33. The number of amidine groups is 1. The molecule has 1 unspecified atom stereocenters. The molecule has 5 rings (SSSR count). The van der Waals surface area contributed by atoms with Crippen LogP contribution in [0.5, 0.6) is 11.5 Å². The van der Waals surface area contributed by atoms with E-state index in [1.54, 1.807) is 18.9 Å². The summed E-state index contributed by atoms with van der Waals surface area (Å²) < 4.78 is 48.1. The fourth-order valence-electron chi connectivity index (χ4n) is 4.71. The molecular formula is C31H31F3N6O3S. The number of hydrogen-bond acceptors (Lipinski definition) is 6. The van der Waals surface area contributed by atoms with Crippen LogP contribution < -0.4 is 19.7 Å². The highest BCUT2D eigenvalue weighted by Gasteiger charge is 2.31. The van der Waals surface area contributed by atoms with Gasteiger partial charge >= 0.3 is 12.4 Å². The van der Waals surface area contributed by atoms with Crippen LogP contribution in [0.3, 0.4) is 0 Å². The number of carbonyl (C=O) groups excluding carboxylic acids is 1. The smallest absolute Gasteiger partial charge is 0.497 e. The number of rotatable bonds is 8. The standard InChI is InChI=1S/C31H31F3N6O3S/c1-19(2)26-17-25(42-4)13-14-27(26)39-15-16-44-30(39)37-29(41)36-20(3)21-5-7-22(8-6-21)28-35-18-40(38-28)23-9-11-24(12-10-23)43-31(32,33)34/h5-14,17-20H,15-16H2,1-4H3,(H,36,41)/b37-30-. The fourth-order valence-corrected chi connectivity index (χ4v) is 5.66. The van der Waals surface area contributed by atoms with E-state index < -0.39 is 12.4 Å². The molecular weight excluding hydrogens is 593 g/mol. The lowest BCUT2D eigenvalue weighted by Crippen LogP contribution is -2.29. The first-order valence-corrected chi connectivity index (χ1v) is 14.8. The van der Waals surface area contributed by atoms with Gasteiger partial charge in [0.2, 0.25) is 0 Å². The van der Waals surface area contributed by atoms with Crippen LogP contribution in [0.1, 0.15) is 43.9 Å². The minimum atomic E-state index is -4.76. The van der Waals surface area contributed by atoms with Gasteiger partial charge in [0.25, 0.3) is 0 Å². The van der Waals surface area contributed by atoms with E-state index >= 15 is 0 Å². The normalized spacial score (nSPS) is 15.1. The molecule has 2 heterocycles. The summed E-state index contributed by atoms with van der Waals surface area (Å²) >= 11 is 1.55. The molecule has 13 heteroatoms. The molecule has 4 aromatic rings. The number of carbonyl (C=O) groups is 1. The van der Waals surface area contributed by atoms with Gasteiger partial charge in [-0.25, -0.2) is 14.5 Å². The van der Waals surface area contributed by atoms with Crippen LogP contribution in [0, 0.1) is 0 Å². The van der Waals surface area contributed by atoms with Crippen LogP contribution in [-0.2, 0) is 0 Å². The van der Waals surface area contributed by atoms with Crippen LogP contribution >= 0.6 is 11.8 Å². The van der Waals surface area contributed by atoms with Crippen molar-refractivity contribution in [3.8, 4) is 28.6 Å². The lowest BCUT2D eigenvalue weighted by atomic mass is 10.00. The molecule has 1 saturated heterocycles. The van der Waals surface area contributed by atoms with Crippen molar-refractivity contribution in [2.75, 3.05) is 24.3 Å². The van der Waals surface area contributed by atoms with Crippen molar-refractivity contribution in [1.82, 2.24) is 20.1 Å². The zero-order chi connectivity index (χ0) is 31.4. The Labute approximate surface area is 257 Å². The molecule has 1 atom stereocenters. The molecule has 3 aromatic carbocycles. The maximum absolute atomic E-state index is 12.9. The quantitative estimate of drug-likeness (QED) is 0.219. The van der Waals surface area contributed by atoms with Gasteiger partial charge in [0, 0.05) is 23.5 Å². The van der Waals surface area contributed by atoms with Crippen molar-refractivity contribution in [2.24, 2.45) is 4.99 Å². The number of aromatic nitrogens is 3. The first-order chi connectivity index (χ1) is 21.0. The Morgan fingerprint density at radius 1 is 1.02 bits per heavy atom. The Balaban J connectivity index is 1.23. The molecule has 44 heavy (non-hydrogen) atoms. The van der Waals surface area contributed by atoms with Gasteiger partial charge < -0.3 is 19.7 Å². The molecule has 0 bridgehead atoms. The monoisotopic (exact) mass is 624 g/mol. The highest BCUT2D eigenvalue weighted by molar-refractivity contribution is 8.14. The molecule has 1 fully saturated rings. The largest absolute Gasteiger partial charge is 0.573 e. The number of halogens is 3. The van der Waals surface area contributed by atoms with Crippen LogP contribution in [-0.4, -0.2) is 51.7 Å². The van der Waals surface area contributed by atoms with Crippen molar-refractivity contribution in [2.45, 2.75) is 39.1 Å². The van der Waals surface area contributed by atoms with Gasteiger partial charge in [-0.05, 0) is 66.4 Å². The van der Waals surface area contributed by atoms with Gasteiger partial charge in [-0.15, -0.1) is 18.3 Å². The van der Waals surface area contributed by atoms with Gasteiger partial charge in [0.1, 0.15) is 17.8 Å². The molecule has 9 nitrogen and oxygen atoms in total. The second-order valence-electron chi connectivity index (χ2n) is 10.3. The molecule has 1 aromatic heterocycles. The van der Waals surface area contributed by atoms with E-state index in [9.17, 15) is 18.0 Å². The zero-order valence-electron chi connectivity index (χ0n) is 24.5. The maximum Gasteiger partial charge on any atom is 0.573 e. The molecule has 0 aliphatic carbocycles. The summed E-state index contributed by atoms with van der Waals surface area (Å²) in [4.78, 5) is 23.8. The average Bonchev–Trinajstić information content (AvgIpc) is 3.67. The highest BCUT2D eigenvalue weighted by atomic mass is 32.2. The number of methoxy groups -OCH3 is 1. The minimum absolute atomic E-state index is 0.265. The maximum atomic E-state index is 12.9. The van der Waals surface area contributed by atoms with Crippen LogP contribution in [0.2, 0.25) is 0 Å². The van der Waals surface area contributed by atoms with Crippen LogP contribution in [0.4, 0.5) is 23.7 Å². The number of aliphatic imine (C=N–C) groups is 1. The summed E-state index contributed by atoms with van der Waals surface area (Å²) in [5.41, 5.74) is 4.28. The number of benzene rings is 3. The predicted octanol–water partition coefficient (Wildman–Crippen LogP) is 7.34. The van der Waals surface area contributed by atoms with Gasteiger partial charge in [0.15, 0.2) is 11.0 Å². The van der Waals surface area contributed by atoms with Crippen molar-refractivity contribution < 1.29 is 27.4 Å². The van der Waals surface area contributed by atoms with Crippen molar-refractivity contribution in [3.63, 3.8) is 0 Å². The van der Waals surface area contributed by atoms with Crippen LogP contribution in [0.25, 0.3) is 17.1 Å². The zero-order valence-corrected chi connectivity index (χ0v) is 25.3. The number of nitrogens with one attached hydrogen (secondary N) is 1. The summed E-state index contributed by atoms with van der Waals surface area (Å²) in [5.74, 6) is 2.00. The third-order valence-electron chi connectivity index (χ3n) is 6.96. The van der Waals surface area contributed by atoms with E-state index in [1.165, 1.54) is 35.3 Å². The molecule has 1 aliphatic heterocycles. The second kappa shape index (κ2) is 13.0. The molecule has 0 radical (unpaired) electrons. The Morgan fingerprint density at radius 3 is 2.39 bits per heavy atom. The van der Waals surface area contributed by atoms with E-state index in [2.05, 4.69) is 43.9 Å².